The third-order valence-corrected chi connectivity index (χ3v) is 3.31. The topological polar surface area (TPSA) is 49.9 Å². The molecule has 2 amide bonds. The van der Waals surface area contributed by atoms with E-state index < -0.39 is 36.0 Å². The molecule has 114 valence electrons. The fraction of sp³-hybridized carbons (Fsp3) is 0.846. The van der Waals surface area contributed by atoms with Crippen LogP contribution in [0.5, 0.6) is 0 Å². The summed E-state index contributed by atoms with van der Waals surface area (Å²) < 4.78 is 31.5. The minimum Gasteiger partial charge on any atom is -0.444 e. The Hall–Kier alpha value is -1.40. The van der Waals surface area contributed by atoms with Crippen molar-refractivity contribution in [3.63, 3.8) is 0 Å². The number of rotatable bonds is 1. The van der Waals surface area contributed by atoms with E-state index in [9.17, 15) is 18.4 Å². The van der Waals surface area contributed by atoms with Crippen LogP contribution in [0, 0.1) is 0 Å². The van der Waals surface area contributed by atoms with Crippen LogP contribution in [-0.2, 0) is 9.53 Å². The van der Waals surface area contributed by atoms with Crippen molar-refractivity contribution in [2.24, 2.45) is 0 Å². The molecular weight excluding hydrogens is 270 g/mol. The highest BCUT2D eigenvalue weighted by atomic mass is 19.1. The number of amides is 2. The summed E-state index contributed by atoms with van der Waals surface area (Å²) in [5.41, 5.74) is -0.708. The minimum atomic E-state index is -1.25. The summed E-state index contributed by atoms with van der Waals surface area (Å²) in [4.78, 5) is 26.6. The van der Waals surface area contributed by atoms with Crippen LogP contribution in [-0.4, -0.2) is 65.4 Å². The SMILES string of the molecule is CC(C)(C)OC(=O)N1C[C@@H](F)C[C@H]1C(=O)N1CC(F)C1. The van der Waals surface area contributed by atoms with Crippen LogP contribution in [0.1, 0.15) is 27.2 Å². The van der Waals surface area contributed by atoms with Gasteiger partial charge in [-0.05, 0) is 20.8 Å². The van der Waals surface area contributed by atoms with Gasteiger partial charge in [-0.1, -0.05) is 0 Å². The number of nitrogens with zero attached hydrogens (tertiary/aromatic N) is 2. The summed E-state index contributed by atoms with van der Waals surface area (Å²) >= 11 is 0. The van der Waals surface area contributed by atoms with Crippen molar-refractivity contribution in [2.75, 3.05) is 19.6 Å². The summed E-state index contributed by atoms with van der Waals surface area (Å²) in [6.45, 7) is 5.00. The first kappa shape index (κ1) is 15.0. The Bertz CT molecular complexity index is 405. The van der Waals surface area contributed by atoms with Gasteiger partial charge in [0, 0.05) is 6.42 Å². The van der Waals surface area contributed by atoms with Crippen LogP contribution in [0.2, 0.25) is 0 Å². The molecule has 0 unspecified atom stereocenters. The Labute approximate surface area is 116 Å². The van der Waals surface area contributed by atoms with Gasteiger partial charge in [-0.25, -0.2) is 13.6 Å². The highest BCUT2D eigenvalue weighted by Crippen LogP contribution is 2.26. The average molecular weight is 290 g/mol. The van der Waals surface area contributed by atoms with Crippen molar-refractivity contribution in [1.29, 1.82) is 0 Å². The fourth-order valence-electron chi connectivity index (χ4n) is 2.36. The van der Waals surface area contributed by atoms with Gasteiger partial charge in [0.2, 0.25) is 5.91 Å². The van der Waals surface area contributed by atoms with Crippen molar-refractivity contribution in [1.82, 2.24) is 9.80 Å². The average Bonchev–Trinajstić information content (AvgIpc) is 2.64. The number of hydrogen-bond donors (Lipinski definition) is 0. The van der Waals surface area contributed by atoms with Crippen LogP contribution in [0.3, 0.4) is 0 Å². The molecule has 0 saturated carbocycles. The lowest BCUT2D eigenvalue weighted by Gasteiger charge is -2.38. The molecule has 2 aliphatic rings. The van der Waals surface area contributed by atoms with Gasteiger partial charge in [0.25, 0.3) is 0 Å². The van der Waals surface area contributed by atoms with Crippen molar-refractivity contribution < 1.29 is 23.1 Å². The Morgan fingerprint density at radius 1 is 1.10 bits per heavy atom. The third-order valence-electron chi connectivity index (χ3n) is 3.31. The van der Waals surface area contributed by atoms with E-state index in [-0.39, 0.29) is 26.1 Å². The van der Waals surface area contributed by atoms with E-state index in [1.54, 1.807) is 20.8 Å². The molecule has 0 N–H and O–H groups in total. The number of alkyl halides is 2. The Balaban J connectivity index is 2.03. The lowest BCUT2D eigenvalue weighted by atomic mass is 10.1. The fourth-order valence-corrected chi connectivity index (χ4v) is 2.36. The van der Waals surface area contributed by atoms with Gasteiger partial charge in [-0.3, -0.25) is 9.69 Å². The molecule has 2 fully saturated rings. The molecule has 20 heavy (non-hydrogen) atoms. The van der Waals surface area contributed by atoms with Crippen molar-refractivity contribution in [3.05, 3.63) is 0 Å². The monoisotopic (exact) mass is 290 g/mol. The van der Waals surface area contributed by atoms with E-state index >= 15 is 0 Å². The van der Waals surface area contributed by atoms with Gasteiger partial charge >= 0.3 is 6.09 Å². The molecule has 5 nitrogen and oxygen atoms in total. The van der Waals surface area contributed by atoms with Gasteiger partial charge in [0.1, 0.15) is 24.0 Å². The first-order chi connectivity index (χ1) is 9.17. The van der Waals surface area contributed by atoms with Crippen molar-refractivity contribution in [2.45, 2.75) is 51.2 Å². The third kappa shape index (κ3) is 3.19. The number of likely N-dealkylation sites (tertiary alicyclic amines) is 2. The van der Waals surface area contributed by atoms with Crippen LogP contribution < -0.4 is 0 Å². The van der Waals surface area contributed by atoms with E-state index in [1.807, 2.05) is 0 Å². The van der Waals surface area contributed by atoms with Crippen LogP contribution in [0.4, 0.5) is 13.6 Å². The maximum absolute atomic E-state index is 13.5. The van der Waals surface area contributed by atoms with Gasteiger partial charge in [-0.2, -0.15) is 0 Å². The lowest BCUT2D eigenvalue weighted by Crippen LogP contribution is -2.57. The molecule has 2 aliphatic heterocycles. The summed E-state index contributed by atoms with van der Waals surface area (Å²) in [6, 6.07) is -0.882. The number of hydrogen-bond acceptors (Lipinski definition) is 3. The Kier molecular flexibility index (Phi) is 3.88. The van der Waals surface area contributed by atoms with E-state index in [0.717, 1.165) is 4.90 Å². The van der Waals surface area contributed by atoms with Crippen LogP contribution >= 0.6 is 0 Å². The number of carbonyl (C=O) groups excluding carboxylic acids is 2. The summed E-state index contributed by atoms with van der Waals surface area (Å²) in [5.74, 6) is -0.398. The zero-order valence-electron chi connectivity index (χ0n) is 11.9. The molecule has 0 aromatic heterocycles. The highest BCUT2D eigenvalue weighted by Gasteiger charge is 2.45. The molecule has 2 saturated heterocycles. The van der Waals surface area contributed by atoms with E-state index in [4.69, 9.17) is 4.74 Å². The van der Waals surface area contributed by atoms with E-state index in [0.29, 0.717) is 0 Å². The maximum Gasteiger partial charge on any atom is 0.411 e. The minimum absolute atomic E-state index is 0.0223. The van der Waals surface area contributed by atoms with Crippen LogP contribution in [0.25, 0.3) is 0 Å². The van der Waals surface area contributed by atoms with E-state index in [1.165, 1.54) is 4.90 Å². The number of ether oxygens (including phenoxy) is 1. The Morgan fingerprint density at radius 3 is 2.20 bits per heavy atom. The summed E-state index contributed by atoms with van der Waals surface area (Å²) in [5, 5.41) is 0. The summed E-state index contributed by atoms with van der Waals surface area (Å²) in [6.07, 6.45) is -3.02. The molecule has 0 aromatic carbocycles. The zero-order chi connectivity index (χ0) is 15.1. The zero-order valence-corrected chi connectivity index (χ0v) is 11.9. The first-order valence-electron chi connectivity index (χ1n) is 6.74. The molecule has 2 atom stereocenters. The molecule has 0 bridgehead atoms. The normalized spacial score (nSPS) is 27.4. The van der Waals surface area contributed by atoms with Crippen LogP contribution in [0.15, 0.2) is 0 Å². The largest absolute Gasteiger partial charge is 0.444 e. The quantitative estimate of drug-likeness (QED) is 0.735. The first-order valence-corrected chi connectivity index (χ1v) is 6.74. The lowest BCUT2D eigenvalue weighted by molar-refractivity contribution is -0.143. The standard InChI is InChI=1S/C13H20F2N2O3/c1-13(2,3)20-12(19)17-7-8(14)4-10(17)11(18)16-5-9(15)6-16/h8-10H,4-7H2,1-3H3/t8-,10-/m0/s1. The smallest absolute Gasteiger partial charge is 0.411 e. The van der Waals surface area contributed by atoms with E-state index in [2.05, 4.69) is 0 Å². The van der Waals surface area contributed by atoms with Crippen molar-refractivity contribution in [3.8, 4) is 0 Å². The number of halogens is 2. The highest BCUT2D eigenvalue weighted by molar-refractivity contribution is 5.87. The molecule has 0 aliphatic carbocycles. The molecule has 0 aromatic rings. The van der Waals surface area contributed by atoms with Crippen molar-refractivity contribution >= 4 is 12.0 Å². The molecule has 0 spiro atoms. The second-order valence-corrected chi connectivity index (χ2v) is 6.32. The summed E-state index contributed by atoms with van der Waals surface area (Å²) in [7, 11) is 0. The van der Waals surface area contributed by atoms with Gasteiger partial charge in [0.15, 0.2) is 0 Å². The maximum atomic E-state index is 13.5. The second kappa shape index (κ2) is 5.18. The van der Waals surface area contributed by atoms with Gasteiger partial charge in [-0.15, -0.1) is 0 Å². The van der Waals surface area contributed by atoms with Gasteiger partial charge in [0.05, 0.1) is 19.6 Å². The second-order valence-electron chi connectivity index (χ2n) is 6.32. The molecule has 7 heteroatoms. The molecular formula is C13H20F2N2O3. The predicted molar refractivity (Wildman–Crippen MR) is 67.7 cm³/mol. The molecule has 2 heterocycles. The predicted octanol–water partition coefficient (Wildman–Crippen LogP) is 1.51. The molecule has 0 radical (unpaired) electrons. The van der Waals surface area contributed by atoms with Gasteiger partial charge < -0.3 is 9.64 Å². The Morgan fingerprint density at radius 2 is 1.70 bits per heavy atom. The number of carbonyl (C=O) groups is 2. The molecule has 2 rings (SSSR count).